The summed E-state index contributed by atoms with van der Waals surface area (Å²) in [6, 6.07) is 17.7. The molecule has 3 aliphatic rings. The fourth-order valence-corrected chi connectivity index (χ4v) is 4.51. The molecule has 2 bridgehead atoms. The second-order valence-electron chi connectivity index (χ2n) is 6.77. The number of pyridine rings is 1. The second kappa shape index (κ2) is 4.67. The van der Waals surface area contributed by atoms with E-state index in [1.807, 2.05) is 6.20 Å². The molecule has 6 rings (SSSR count). The number of hydrogen-bond acceptors (Lipinski definition) is 1. The van der Waals surface area contributed by atoms with Crippen LogP contribution < -0.4 is 0 Å². The van der Waals surface area contributed by atoms with Crippen molar-refractivity contribution in [3.05, 3.63) is 65.9 Å². The van der Waals surface area contributed by atoms with Crippen LogP contribution >= 0.6 is 0 Å². The van der Waals surface area contributed by atoms with E-state index >= 15 is 0 Å². The largest absolute Gasteiger partial charge is 0.256 e. The maximum Gasteiger partial charge on any atom is 0.0780 e. The standard InChI is InChI=1S/C21H19N/c1-2-4-19-14(3-1)11-12-22-21(19)17-9-10-18-15-5-7-16(8-6-15)20(18)13-17/h1-4,9-13,15-16H,5-8H2. The van der Waals surface area contributed by atoms with Gasteiger partial charge in [-0.3, -0.25) is 4.98 Å². The van der Waals surface area contributed by atoms with Crippen LogP contribution in [0.2, 0.25) is 0 Å². The first-order chi connectivity index (χ1) is 10.9. The van der Waals surface area contributed by atoms with E-state index in [-0.39, 0.29) is 0 Å². The van der Waals surface area contributed by atoms with E-state index in [0.717, 1.165) is 17.5 Å². The van der Waals surface area contributed by atoms with Crippen LogP contribution in [0.1, 0.15) is 48.6 Å². The molecule has 0 atom stereocenters. The molecule has 0 saturated heterocycles. The van der Waals surface area contributed by atoms with Gasteiger partial charge in [-0.05, 0) is 66.2 Å². The van der Waals surface area contributed by atoms with Crippen LogP contribution in [0.25, 0.3) is 22.0 Å². The molecule has 1 saturated carbocycles. The fourth-order valence-electron chi connectivity index (χ4n) is 4.51. The molecular formula is C21H19N. The van der Waals surface area contributed by atoms with E-state index in [0.29, 0.717) is 0 Å². The highest BCUT2D eigenvalue weighted by Crippen LogP contribution is 2.50. The number of nitrogens with zero attached hydrogens (tertiary/aromatic N) is 1. The number of hydrogen-bond donors (Lipinski definition) is 0. The lowest BCUT2D eigenvalue weighted by molar-refractivity contribution is 0.359. The highest BCUT2D eigenvalue weighted by molar-refractivity contribution is 5.94. The van der Waals surface area contributed by atoms with Gasteiger partial charge in [0.1, 0.15) is 0 Å². The molecule has 0 radical (unpaired) electrons. The summed E-state index contributed by atoms with van der Waals surface area (Å²) in [4.78, 5) is 4.69. The summed E-state index contributed by atoms with van der Waals surface area (Å²) < 4.78 is 0. The molecule has 0 amide bonds. The van der Waals surface area contributed by atoms with Crippen LogP contribution in [0.15, 0.2) is 54.7 Å². The first-order valence-electron chi connectivity index (χ1n) is 8.38. The Balaban J connectivity index is 1.71. The molecule has 108 valence electrons. The number of aromatic nitrogens is 1. The molecule has 3 aliphatic carbocycles. The molecule has 1 aromatic heterocycles. The molecule has 0 spiro atoms. The Morgan fingerprint density at radius 3 is 2.41 bits per heavy atom. The Kier molecular flexibility index (Phi) is 2.63. The molecule has 1 fully saturated rings. The van der Waals surface area contributed by atoms with Gasteiger partial charge in [0.05, 0.1) is 5.69 Å². The molecule has 2 aromatic carbocycles. The second-order valence-corrected chi connectivity index (χ2v) is 6.77. The van der Waals surface area contributed by atoms with Crippen LogP contribution in [0.4, 0.5) is 0 Å². The van der Waals surface area contributed by atoms with Gasteiger partial charge in [-0.1, -0.05) is 36.4 Å². The first kappa shape index (κ1) is 12.4. The summed E-state index contributed by atoms with van der Waals surface area (Å²) in [7, 11) is 0. The van der Waals surface area contributed by atoms with Crippen molar-refractivity contribution in [3.8, 4) is 11.3 Å². The summed E-state index contributed by atoms with van der Waals surface area (Å²) in [6.07, 6.45) is 7.48. The van der Waals surface area contributed by atoms with Crippen molar-refractivity contribution in [2.24, 2.45) is 0 Å². The van der Waals surface area contributed by atoms with Gasteiger partial charge in [0.25, 0.3) is 0 Å². The lowest BCUT2D eigenvalue weighted by Gasteiger charge is -2.38. The zero-order chi connectivity index (χ0) is 14.5. The molecule has 1 nitrogen and oxygen atoms in total. The predicted molar refractivity (Wildman–Crippen MR) is 91.1 cm³/mol. The van der Waals surface area contributed by atoms with Crippen LogP contribution in [-0.2, 0) is 0 Å². The van der Waals surface area contributed by atoms with Gasteiger partial charge in [0, 0.05) is 17.1 Å². The lowest BCUT2D eigenvalue weighted by atomic mass is 9.67. The predicted octanol–water partition coefficient (Wildman–Crippen LogP) is 5.66. The van der Waals surface area contributed by atoms with Crippen LogP contribution in [0.3, 0.4) is 0 Å². The van der Waals surface area contributed by atoms with E-state index < -0.39 is 0 Å². The van der Waals surface area contributed by atoms with Crippen LogP contribution in [0, 0.1) is 0 Å². The third-order valence-corrected chi connectivity index (χ3v) is 5.64. The van der Waals surface area contributed by atoms with Gasteiger partial charge >= 0.3 is 0 Å². The van der Waals surface area contributed by atoms with Gasteiger partial charge in [-0.15, -0.1) is 0 Å². The van der Waals surface area contributed by atoms with E-state index in [1.54, 1.807) is 11.1 Å². The summed E-state index contributed by atoms with van der Waals surface area (Å²) in [5.74, 6) is 1.60. The molecule has 1 heterocycles. The molecule has 0 unspecified atom stereocenters. The Morgan fingerprint density at radius 1 is 0.773 bits per heavy atom. The number of rotatable bonds is 1. The summed E-state index contributed by atoms with van der Waals surface area (Å²) in [5, 5.41) is 2.53. The van der Waals surface area contributed by atoms with Crippen molar-refractivity contribution in [2.75, 3.05) is 0 Å². The van der Waals surface area contributed by atoms with Crippen molar-refractivity contribution >= 4 is 10.8 Å². The average molecular weight is 285 g/mol. The van der Waals surface area contributed by atoms with Gasteiger partial charge in [-0.25, -0.2) is 0 Å². The monoisotopic (exact) mass is 285 g/mol. The molecule has 22 heavy (non-hydrogen) atoms. The summed E-state index contributed by atoms with van der Waals surface area (Å²) >= 11 is 0. The Bertz CT molecular complexity index is 851. The molecule has 1 heteroatoms. The first-order valence-corrected chi connectivity index (χ1v) is 8.38. The van der Waals surface area contributed by atoms with Crippen molar-refractivity contribution in [1.82, 2.24) is 4.98 Å². The Hall–Kier alpha value is -2.15. The van der Waals surface area contributed by atoms with E-state index in [1.165, 1.54) is 42.0 Å². The van der Waals surface area contributed by atoms with Gasteiger partial charge in [-0.2, -0.15) is 0 Å². The fraction of sp³-hybridized carbons (Fsp3) is 0.286. The quantitative estimate of drug-likeness (QED) is 0.562. The van der Waals surface area contributed by atoms with Gasteiger partial charge < -0.3 is 0 Å². The highest BCUT2D eigenvalue weighted by atomic mass is 14.7. The van der Waals surface area contributed by atoms with Crippen molar-refractivity contribution < 1.29 is 0 Å². The zero-order valence-electron chi connectivity index (χ0n) is 12.6. The molecular weight excluding hydrogens is 266 g/mol. The van der Waals surface area contributed by atoms with Crippen molar-refractivity contribution in [2.45, 2.75) is 37.5 Å². The SMILES string of the molecule is c1ccc2c(-c3ccc4c(c3)C3CCC4CC3)nccc2c1. The third kappa shape index (κ3) is 1.75. The normalized spacial score (nSPS) is 22.7. The van der Waals surface area contributed by atoms with E-state index in [2.05, 4.69) is 53.5 Å². The minimum atomic E-state index is 0.787. The topological polar surface area (TPSA) is 12.9 Å². The van der Waals surface area contributed by atoms with E-state index in [4.69, 9.17) is 0 Å². The Labute approximate surface area is 131 Å². The minimum Gasteiger partial charge on any atom is -0.256 e. The smallest absolute Gasteiger partial charge is 0.0780 e. The average Bonchev–Trinajstić information content (AvgIpc) is 2.62. The zero-order valence-corrected chi connectivity index (χ0v) is 12.6. The maximum absolute atomic E-state index is 4.69. The number of benzene rings is 2. The van der Waals surface area contributed by atoms with Gasteiger partial charge in [0.2, 0.25) is 0 Å². The Morgan fingerprint density at radius 2 is 1.55 bits per heavy atom. The van der Waals surface area contributed by atoms with Crippen molar-refractivity contribution in [3.63, 3.8) is 0 Å². The molecule has 0 aliphatic heterocycles. The lowest BCUT2D eigenvalue weighted by Crippen LogP contribution is -2.21. The maximum atomic E-state index is 4.69. The molecule has 0 N–H and O–H groups in total. The van der Waals surface area contributed by atoms with Crippen molar-refractivity contribution in [1.29, 1.82) is 0 Å². The minimum absolute atomic E-state index is 0.787. The molecule has 3 aromatic rings. The summed E-state index contributed by atoms with van der Waals surface area (Å²) in [5.41, 5.74) is 5.63. The third-order valence-electron chi connectivity index (χ3n) is 5.64. The highest BCUT2D eigenvalue weighted by Gasteiger charge is 2.32. The van der Waals surface area contributed by atoms with E-state index in [9.17, 15) is 0 Å². The van der Waals surface area contributed by atoms with Crippen LogP contribution in [0.5, 0.6) is 0 Å². The number of fused-ring (bicyclic) bond motifs is 3. The van der Waals surface area contributed by atoms with Gasteiger partial charge in [0.15, 0.2) is 0 Å². The van der Waals surface area contributed by atoms with Crippen LogP contribution in [-0.4, -0.2) is 4.98 Å². The summed E-state index contributed by atoms with van der Waals surface area (Å²) in [6.45, 7) is 0.